The summed E-state index contributed by atoms with van der Waals surface area (Å²) in [5.74, 6) is -0.211. The normalized spacial score (nSPS) is 9.33. The van der Waals surface area contributed by atoms with E-state index in [0.29, 0.717) is 12.2 Å². The van der Waals surface area contributed by atoms with Crippen LogP contribution in [0.25, 0.3) is 0 Å². The lowest BCUT2D eigenvalue weighted by atomic mass is 10.4. The topological polar surface area (TPSA) is 81.2 Å². The molecule has 0 aromatic carbocycles. The van der Waals surface area contributed by atoms with Gasteiger partial charge in [0, 0.05) is 0 Å². The maximum absolute atomic E-state index is 10.3. The minimum Gasteiger partial charge on any atom is -0.390 e. The number of aliphatic hydroxyl groups is 1. The number of hydrogen-bond donors (Lipinski definition) is 1. The van der Waals surface area contributed by atoms with Crippen LogP contribution in [-0.2, 0) is 13.2 Å². The fraction of sp³-hybridized carbons (Fsp3) is 0.667. The maximum atomic E-state index is 10.3. The van der Waals surface area contributed by atoms with Gasteiger partial charge in [0.1, 0.15) is 0 Å². The Hall–Kier alpha value is -1.43. The first-order valence-corrected chi connectivity index (χ1v) is 5.01. The highest BCUT2D eigenvalue weighted by Gasteiger charge is 2.16. The van der Waals surface area contributed by atoms with E-state index >= 15 is 0 Å². The minimum atomic E-state index is -0.564. The number of hydrogen-bond acceptors (Lipinski definition) is 4. The van der Waals surface area contributed by atoms with Crippen LogP contribution in [0.15, 0.2) is 6.07 Å². The van der Waals surface area contributed by atoms with Crippen molar-refractivity contribution in [3.63, 3.8) is 0 Å². The molecule has 0 aliphatic rings. The first kappa shape index (κ1) is 13.6. The van der Waals surface area contributed by atoms with Gasteiger partial charge < -0.3 is 15.2 Å². The van der Waals surface area contributed by atoms with Crippen LogP contribution in [0.4, 0.5) is 5.82 Å². The monoisotopic (exact) mass is 215 g/mol. The fourth-order valence-corrected chi connectivity index (χ4v) is 1.06. The quantitative estimate of drug-likeness (QED) is 0.612. The van der Waals surface area contributed by atoms with Crippen LogP contribution < -0.4 is 0 Å². The number of nitro groups is 1. The van der Waals surface area contributed by atoms with Gasteiger partial charge in [0.25, 0.3) is 0 Å². The third-order valence-corrected chi connectivity index (χ3v) is 1.63. The zero-order chi connectivity index (χ0) is 11.8. The first-order valence-electron chi connectivity index (χ1n) is 5.01. The Morgan fingerprint density at radius 1 is 1.60 bits per heavy atom. The van der Waals surface area contributed by atoms with E-state index < -0.39 is 4.92 Å². The average Bonchev–Trinajstić information content (AvgIpc) is 2.65. The van der Waals surface area contributed by atoms with Crippen molar-refractivity contribution in [2.45, 2.75) is 40.3 Å². The Morgan fingerprint density at radius 3 is 2.60 bits per heavy atom. The molecule has 1 heterocycles. The van der Waals surface area contributed by atoms with Crippen LogP contribution in [0.3, 0.4) is 0 Å². The number of aromatic nitrogens is 2. The van der Waals surface area contributed by atoms with Gasteiger partial charge in [-0.15, -0.1) is 0 Å². The van der Waals surface area contributed by atoms with E-state index in [1.807, 2.05) is 20.8 Å². The Kier molecular flexibility index (Phi) is 6.28. The molecule has 1 rings (SSSR count). The molecular weight excluding hydrogens is 198 g/mol. The number of rotatable bonds is 4. The van der Waals surface area contributed by atoms with Crippen LogP contribution in [0.2, 0.25) is 0 Å². The Labute approximate surface area is 88.7 Å². The third kappa shape index (κ3) is 3.67. The van der Waals surface area contributed by atoms with Gasteiger partial charge in [-0.3, -0.25) is 0 Å². The van der Waals surface area contributed by atoms with E-state index in [-0.39, 0.29) is 12.4 Å². The van der Waals surface area contributed by atoms with Gasteiger partial charge in [0.2, 0.25) is 0 Å². The van der Waals surface area contributed by atoms with Gasteiger partial charge in [0.15, 0.2) is 0 Å². The number of nitrogens with zero attached hydrogens (tertiary/aromatic N) is 3. The summed E-state index contributed by atoms with van der Waals surface area (Å²) in [6.45, 7) is 6.30. The fourth-order valence-electron chi connectivity index (χ4n) is 1.06. The molecule has 0 atom stereocenters. The summed E-state index contributed by atoms with van der Waals surface area (Å²) in [5.41, 5.74) is 0.480. The molecule has 15 heavy (non-hydrogen) atoms. The van der Waals surface area contributed by atoms with Gasteiger partial charge in [0.05, 0.1) is 30.0 Å². The molecule has 0 aliphatic heterocycles. The van der Waals surface area contributed by atoms with Gasteiger partial charge in [-0.25, -0.2) is 0 Å². The Balaban J connectivity index is 0.000000921. The molecule has 0 radical (unpaired) electrons. The summed E-state index contributed by atoms with van der Waals surface area (Å²) in [5, 5.41) is 22.9. The second kappa shape index (κ2) is 6.94. The van der Waals surface area contributed by atoms with E-state index in [9.17, 15) is 10.1 Å². The van der Waals surface area contributed by atoms with Gasteiger partial charge >= 0.3 is 5.82 Å². The predicted octanol–water partition coefficient (Wildman–Crippen LogP) is 1.72. The molecule has 1 aromatic rings. The van der Waals surface area contributed by atoms with E-state index in [1.165, 1.54) is 10.7 Å². The molecule has 6 heteroatoms. The summed E-state index contributed by atoms with van der Waals surface area (Å²) in [6.07, 6.45) is 0.825. The van der Waals surface area contributed by atoms with E-state index in [2.05, 4.69) is 5.10 Å². The van der Waals surface area contributed by atoms with Crippen molar-refractivity contribution >= 4 is 5.82 Å². The molecule has 0 saturated heterocycles. The molecule has 0 fully saturated rings. The number of aliphatic hydroxyl groups excluding tert-OH is 1. The zero-order valence-electron chi connectivity index (χ0n) is 9.30. The van der Waals surface area contributed by atoms with E-state index in [0.717, 1.165) is 6.42 Å². The Bertz CT molecular complexity index is 310. The van der Waals surface area contributed by atoms with Crippen molar-refractivity contribution in [2.75, 3.05) is 0 Å². The van der Waals surface area contributed by atoms with Crippen LogP contribution in [0.1, 0.15) is 32.9 Å². The molecule has 0 bridgehead atoms. The average molecular weight is 215 g/mol. The van der Waals surface area contributed by atoms with E-state index in [1.54, 1.807) is 0 Å². The first-order chi connectivity index (χ1) is 7.19. The Morgan fingerprint density at radius 2 is 2.20 bits per heavy atom. The van der Waals surface area contributed by atoms with Crippen LogP contribution in [0.5, 0.6) is 0 Å². The van der Waals surface area contributed by atoms with Crippen LogP contribution in [0, 0.1) is 10.1 Å². The van der Waals surface area contributed by atoms with Crippen LogP contribution in [-0.4, -0.2) is 19.8 Å². The van der Waals surface area contributed by atoms with Crippen molar-refractivity contribution in [1.29, 1.82) is 0 Å². The summed E-state index contributed by atoms with van der Waals surface area (Å²) in [7, 11) is 0. The highest BCUT2D eigenvalue weighted by Crippen LogP contribution is 2.12. The van der Waals surface area contributed by atoms with Gasteiger partial charge in [-0.05, 0) is 11.3 Å². The standard InChI is InChI=1S/C7H11N3O3.C2H6/c1-2-3-9-6(5-11)4-7(8-9)10(12)13;1-2/h4,11H,2-3,5H2,1H3;1-2H3. The molecular formula is C9H17N3O3. The second-order valence-corrected chi connectivity index (χ2v) is 2.63. The molecule has 1 aromatic heterocycles. The van der Waals surface area contributed by atoms with Crippen molar-refractivity contribution in [2.24, 2.45) is 0 Å². The molecule has 0 unspecified atom stereocenters. The molecule has 0 spiro atoms. The van der Waals surface area contributed by atoms with Crippen LogP contribution >= 0.6 is 0 Å². The summed E-state index contributed by atoms with van der Waals surface area (Å²) < 4.78 is 1.46. The molecule has 0 aliphatic carbocycles. The van der Waals surface area contributed by atoms with Crippen molar-refractivity contribution in [1.82, 2.24) is 9.78 Å². The molecule has 0 amide bonds. The molecule has 6 nitrogen and oxygen atoms in total. The van der Waals surface area contributed by atoms with Crippen molar-refractivity contribution < 1.29 is 10.0 Å². The minimum absolute atomic E-state index is 0.211. The largest absolute Gasteiger partial charge is 0.390 e. The van der Waals surface area contributed by atoms with Gasteiger partial charge in [-0.1, -0.05) is 20.8 Å². The molecule has 86 valence electrons. The lowest BCUT2D eigenvalue weighted by Crippen LogP contribution is -2.04. The SMILES string of the molecule is CC.CCCn1nc([N+](=O)[O-])cc1CO. The molecule has 0 saturated carbocycles. The number of aryl methyl sites for hydroxylation is 1. The zero-order valence-corrected chi connectivity index (χ0v) is 9.30. The summed E-state index contributed by atoms with van der Waals surface area (Å²) in [4.78, 5) is 9.77. The second-order valence-electron chi connectivity index (χ2n) is 2.63. The smallest absolute Gasteiger partial charge is 0.390 e. The lowest BCUT2D eigenvalue weighted by Gasteiger charge is -1.95. The van der Waals surface area contributed by atoms with Crippen molar-refractivity contribution in [3.05, 3.63) is 21.9 Å². The maximum Gasteiger partial charge on any atom is 0.390 e. The van der Waals surface area contributed by atoms with Gasteiger partial charge in [-0.2, -0.15) is 4.68 Å². The lowest BCUT2D eigenvalue weighted by molar-refractivity contribution is -0.389. The summed E-state index contributed by atoms with van der Waals surface area (Å²) >= 11 is 0. The summed E-state index contributed by atoms with van der Waals surface area (Å²) in [6, 6.07) is 1.29. The highest BCUT2D eigenvalue weighted by atomic mass is 16.6. The van der Waals surface area contributed by atoms with E-state index in [4.69, 9.17) is 5.11 Å². The van der Waals surface area contributed by atoms with Crippen molar-refractivity contribution in [3.8, 4) is 0 Å². The molecule has 1 N–H and O–H groups in total. The highest BCUT2D eigenvalue weighted by molar-refractivity contribution is 5.21. The predicted molar refractivity (Wildman–Crippen MR) is 56.4 cm³/mol. The third-order valence-electron chi connectivity index (χ3n) is 1.63.